The van der Waals surface area contributed by atoms with Crippen LogP contribution in [0.1, 0.15) is 11.3 Å². The molecule has 0 unspecified atom stereocenters. The number of alkyl halides is 2. The Balaban J connectivity index is 1.74. The third-order valence-electron chi connectivity index (χ3n) is 4.38. The molecule has 26 heavy (non-hydrogen) atoms. The van der Waals surface area contributed by atoms with Crippen molar-refractivity contribution in [2.45, 2.75) is 13.0 Å². The Morgan fingerprint density at radius 1 is 1.08 bits per heavy atom. The smallest absolute Gasteiger partial charge is 0.387 e. The minimum absolute atomic E-state index is 0.134. The molecule has 1 aliphatic heterocycles. The lowest BCUT2D eigenvalue weighted by molar-refractivity contribution is -0.0494. The highest BCUT2D eigenvalue weighted by molar-refractivity contribution is 5.74. The zero-order valence-corrected chi connectivity index (χ0v) is 14.1. The molecule has 0 N–H and O–H groups in total. The molecule has 0 saturated carbocycles. The number of aryl methyl sites for hydroxylation is 1. The molecule has 0 spiro atoms. The monoisotopic (exact) mass is 357 g/mol. The van der Waals surface area contributed by atoms with E-state index < -0.39 is 6.61 Å². The van der Waals surface area contributed by atoms with E-state index in [-0.39, 0.29) is 12.5 Å². The topological polar surface area (TPSA) is 32.6 Å². The Hall–Kier alpha value is -3.02. The van der Waals surface area contributed by atoms with Crippen LogP contribution in [-0.4, -0.2) is 18.0 Å². The van der Waals surface area contributed by atoms with Crippen LogP contribution in [0.15, 0.2) is 54.7 Å². The number of hydrogen-bond donors (Lipinski definition) is 0. The van der Waals surface area contributed by atoms with Gasteiger partial charge in [0.1, 0.15) is 5.75 Å². The van der Waals surface area contributed by atoms with Gasteiger partial charge in [-0.2, -0.15) is 8.78 Å². The van der Waals surface area contributed by atoms with E-state index in [0.717, 1.165) is 16.8 Å². The van der Waals surface area contributed by atoms with Gasteiger partial charge in [0.15, 0.2) is 11.5 Å². The number of rotatable bonds is 5. The first-order valence-corrected chi connectivity index (χ1v) is 8.18. The lowest BCUT2D eigenvalue weighted by Gasteiger charge is -2.14. The van der Waals surface area contributed by atoms with Crippen molar-refractivity contribution >= 4 is 0 Å². The van der Waals surface area contributed by atoms with Crippen LogP contribution in [0.2, 0.25) is 0 Å². The summed E-state index contributed by atoms with van der Waals surface area (Å²) in [6, 6.07) is 14.6. The summed E-state index contributed by atoms with van der Waals surface area (Å²) in [6.07, 6.45) is 2.67. The molecule has 2 heterocycles. The summed E-state index contributed by atoms with van der Waals surface area (Å²) in [7, 11) is 1.97. The molecule has 1 aromatic heterocycles. The Morgan fingerprint density at radius 3 is 2.69 bits per heavy atom. The van der Waals surface area contributed by atoms with Crippen LogP contribution >= 0.6 is 0 Å². The molecular weight excluding hydrogens is 340 g/mol. The van der Waals surface area contributed by atoms with Crippen LogP contribution in [0.3, 0.4) is 0 Å². The maximum absolute atomic E-state index is 12.8. The predicted molar refractivity (Wildman–Crippen MR) is 92.9 cm³/mol. The summed E-state index contributed by atoms with van der Waals surface area (Å²) < 4.78 is 43.1. The molecule has 4 rings (SSSR count). The fourth-order valence-electron chi connectivity index (χ4n) is 3.06. The number of benzene rings is 2. The molecule has 6 heteroatoms. The standard InChI is InChI=1S/C20H17F2NO3/c1-23-8-2-3-15(23)9-13-4-6-17(26-20(21)22)16(10-13)14-5-7-18-19(11-14)25-12-24-18/h2-8,10-11,20H,9,12H2,1H3. The number of aromatic nitrogens is 1. The fourth-order valence-corrected chi connectivity index (χ4v) is 3.06. The van der Waals surface area contributed by atoms with Crippen molar-refractivity contribution in [1.82, 2.24) is 4.57 Å². The van der Waals surface area contributed by atoms with Gasteiger partial charge in [0.25, 0.3) is 0 Å². The fraction of sp³-hybridized carbons (Fsp3) is 0.200. The van der Waals surface area contributed by atoms with Gasteiger partial charge in [-0.25, -0.2) is 0 Å². The third kappa shape index (κ3) is 3.22. The number of hydrogen-bond acceptors (Lipinski definition) is 3. The average Bonchev–Trinajstić information content (AvgIpc) is 3.24. The zero-order chi connectivity index (χ0) is 18.1. The highest BCUT2D eigenvalue weighted by Gasteiger charge is 2.17. The van der Waals surface area contributed by atoms with Crippen molar-refractivity contribution in [3.05, 3.63) is 66.0 Å². The van der Waals surface area contributed by atoms with Crippen molar-refractivity contribution in [1.29, 1.82) is 0 Å². The lowest BCUT2D eigenvalue weighted by Crippen LogP contribution is -2.04. The second-order valence-electron chi connectivity index (χ2n) is 6.06. The van der Waals surface area contributed by atoms with E-state index in [1.54, 1.807) is 24.3 Å². The number of fused-ring (bicyclic) bond motifs is 1. The SMILES string of the molecule is Cn1cccc1Cc1ccc(OC(F)F)c(-c2ccc3c(c2)OCO3)c1. The van der Waals surface area contributed by atoms with Gasteiger partial charge in [0, 0.05) is 30.9 Å². The number of nitrogens with zero attached hydrogens (tertiary/aromatic N) is 1. The quantitative estimate of drug-likeness (QED) is 0.668. The zero-order valence-electron chi connectivity index (χ0n) is 14.1. The van der Waals surface area contributed by atoms with E-state index in [1.165, 1.54) is 0 Å². The van der Waals surface area contributed by atoms with Gasteiger partial charge in [-0.3, -0.25) is 0 Å². The summed E-state index contributed by atoms with van der Waals surface area (Å²) in [6.45, 7) is -2.73. The van der Waals surface area contributed by atoms with Crippen LogP contribution in [0, 0.1) is 0 Å². The minimum atomic E-state index is -2.89. The molecule has 0 amide bonds. The van der Waals surface area contributed by atoms with E-state index in [2.05, 4.69) is 0 Å². The first-order chi connectivity index (χ1) is 12.6. The minimum Gasteiger partial charge on any atom is -0.454 e. The Morgan fingerprint density at radius 2 is 1.92 bits per heavy atom. The van der Waals surface area contributed by atoms with E-state index >= 15 is 0 Å². The van der Waals surface area contributed by atoms with Crippen LogP contribution in [0.25, 0.3) is 11.1 Å². The van der Waals surface area contributed by atoms with Gasteiger partial charge in [0.2, 0.25) is 6.79 Å². The molecular formula is C20H17F2NO3. The summed E-state index contributed by atoms with van der Waals surface area (Å²) >= 11 is 0. The maximum atomic E-state index is 12.8. The summed E-state index contributed by atoms with van der Waals surface area (Å²) in [5.74, 6) is 1.37. The van der Waals surface area contributed by atoms with E-state index in [9.17, 15) is 8.78 Å². The van der Waals surface area contributed by atoms with Gasteiger partial charge in [-0.1, -0.05) is 12.1 Å². The first-order valence-electron chi connectivity index (χ1n) is 8.18. The lowest BCUT2D eigenvalue weighted by atomic mass is 9.99. The second kappa shape index (κ2) is 6.71. The summed E-state index contributed by atoms with van der Waals surface area (Å²) in [5, 5.41) is 0. The highest BCUT2D eigenvalue weighted by atomic mass is 19.3. The number of ether oxygens (including phenoxy) is 3. The van der Waals surface area contributed by atoms with Crippen molar-refractivity contribution in [2.75, 3.05) is 6.79 Å². The van der Waals surface area contributed by atoms with Crippen LogP contribution in [-0.2, 0) is 13.5 Å². The molecule has 0 saturated heterocycles. The summed E-state index contributed by atoms with van der Waals surface area (Å²) in [5.41, 5.74) is 3.46. The molecule has 134 valence electrons. The van der Waals surface area contributed by atoms with Crippen LogP contribution in [0.4, 0.5) is 8.78 Å². The molecule has 1 aliphatic rings. The van der Waals surface area contributed by atoms with Gasteiger partial charge >= 0.3 is 6.61 Å². The Labute approximate surface area is 149 Å². The summed E-state index contributed by atoms with van der Waals surface area (Å²) in [4.78, 5) is 0. The molecule has 0 bridgehead atoms. The Bertz CT molecular complexity index is 937. The normalized spacial score (nSPS) is 12.6. The molecule has 2 aromatic carbocycles. The van der Waals surface area contributed by atoms with E-state index in [0.29, 0.717) is 23.5 Å². The molecule has 0 radical (unpaired) electrons. The van der Waals surface area contributed by atoms with Crippen molar-refractivity contribution in [3.63, 3.8) is 0 Å². The number of halogens is 2. The molecule has 0 fully saturated rings. The highest BCUT2D eigenvalue weighted by Crippen LogP contribution is 2.39. The predicted octanol–water partition coefficient (Wildman–Crippen LogP) is 4.61. The van der Waals surface area contributed by atoms with E-state index in [1.807, 2.05) is 42.1 Å². The third-order valence-corrected chi connectivity index (χ3v) is 4.38. The average molecular weight is 357 g/mol. The molecule has 3 aromatic rings. The van der Waals surface area contributed by atoms with Crippen molar-refractivity contribution in [3.8, 4) is 28.4 Å². The largest absolute Gasteiger partial charge is 0.454 e. The molecule has 4 nitrogen and oxygen atoms in total. The maximum Gasteiger partial charge on any atom is 0.387 e. The van der Waals surface area contributed by atoms with E-state index in [4.69, 9.17) is 14.2 Å². The van der Waals surface area contributed by atoms with Gasteiger partial charge in [0.05, 0.1) is 0 Å². The molecule has 0 atom stereocenters. The second-order valence-corrected chi connectivity index (χ2v) is 6.06. The van der Waals surface area contributed by atoms with Crippen LogP contribution in [0.5, 0.6) is 17.2 Å². The van der Waals surface area contributed by atoms with Crippen LogP contribution < -0.4 is 14.2 Å². The first kappa shape index (κ1) is 16.4. The van der Waals surface area contributed by atoms with Crippen molar-refractivity contribution < 1.29 is 23.0 Å². The van der Waals surface area contributed by atoms with Gasteiger partial charge in [-0.15, -0.1) is 0 Å². The van der Waals surface area contributed by atoms with Gasteiger partial charge in [-0.05, 0) is 47.5 Å². The Kier molecular flexibility index (Phi) is 4.24. The van der Waals surface area contributed by atoms with Crippen molar-refractivity contribution in [2.24, 2.45) is 7.05 Å². The molecule has 0 aliphatic carbocycles. The van der Waals surface area contributed by atoms with Gasteiger partial charge < -0.3 is 18.8 Å².